The van der Waals surface area contributed by atoms with Crippen LogP contribution in [0, 0.1) is 15.5 Å². The number of nitro groups is 1. The first-order valence-electron chi connectivity index (χ1n) is 13.2. The van der Waals surface area contributed by atoms with Gasteiger partial charge in [-0.2, -0.15) is 5.10 Å². The van der Waals surface area contributed by atoms with Gasteiger partial charge in [0.2, 0.25) is 5.91 Å². The number of nitro benzene ring substituents is 1. The summed E-state index contributed by atoms with van der Waals surface area (Å²) < 4.78 is 3.56. The van der Waals surface area contributed by atoms with Crippen LogP contribution in [-0.2, 0) is 18.4 Å². The van der Waals surface area contributed by atoms with Gasteiger partial charge in [-0.15, -0.1) is 0 Å². The predicted octanol–water partition coefficient (Wildman–Crippen LogP) is 4.10. The molecular formula is C29H30N6O4. The number of likely N-dealkylation sites (tertiary alicyclic amines) is 2. The van der Waals surface area contributed by atoms with Gasteiger partial charge in [-0.25, -0.2) is 0 Å². The van der Waals surface area contributed by atoms with Crippen LogP contribution in [0.4, 0.5) is 5.69 Å². The summed E-state index contributed by atoms with van der Waals surface area (Å²) in [6.45, 7) is 2.90. The standard InChI is InChI=1S/C29H30N6O4/c1-31-25-8-3-2-5-22(25)18-26(31)28(37)32-14-10-29(11-15-32)12-16-33(20-29)27(36)19-34-13-9-24(30-34)21-6-4-7-23(17-21)35(38)39/h2-9,13,17-18H,10-12,14-16,19-20H2,1H3. The zero-order valence-corrected chi connectivity index (χ0v) is 21.8. The fourth-order valence-corrected chi connectivity index (χ4v) is 6.02. The van der Waals surface area contributed by atoms with Crippen LogP contribution in [0.1, 0.15) is 29.8 Å². The molecular weight excluding hydrogens is 496 g/mol. The van der Waals surface area contributed by atoms with Crippen LogP contribution in [-0.4, -0.2) is 67.1 Å². The molecule has 39 heavy (non-hydrogen) atoms. The highest BCUT2D eigenvalue weighted by Crippen LogP contribution is 2.41. The number of nitrogens with zero attached hydrogens (tertiary/aromatic N) is 6. The average molecular weight is 527 g/mol. The van der Waals surface area contributed by atoms with Crippen molar-refractivity contribution in [3.63, 3.8) is 0 Å². The summed E-state index contributed by atoms with van der Waals surface area (Å²) in [6.07, 6.45) is 4.43. The smallest absolute Gasteiger partial charge is 0.270 e. The lowest BCUT2D eigenvalue weighted by molar-refractivity contribution is -0.384. The summed E-state index contributed by atoms with van der Waals surface area (Å²) in [5.74, 6) is 0.0716. The number of non-ortho nitro benzene ring substituents is 1. The molecule has 2 amide bonds. The molecule has 2 fully saturated rings. The topological polar surface area (TPSA) is 107 Å². The van der Waals surface area contributed by atoms with E-state index in [2.05, 4.69) is 5.10 Å². The SMILES string of the molecule is Cn1c(C(=O)N2CCC3(CCN(C(=O)Cn4ccc(-c5cccc([N+](=O)[O-])c5)n4)C3)CC2)cc2ccccc21. The normalized spacial score (nSPS) is 16.7. The molecule has 2 saturated heterocycles. The Kier molecular flexibility index (Phi) is 6.17. The summed E-state index contributed by atoms with van der Waals surface area (Å²) >= 11 is 0. The number of carbonyl (C=O) groups is 2. The van der Waals surface area contributed by atoms with Gasteiger partial charge in [0.05, 0.1) is 10.6 Å². The molecule has 200 valence electrons. The molecule has 0 unspecified atom stereocenters. The second-order valence-corrected chi connectivity index (χ2v) is 10.7. The number of aryl methyl sites for hydroxylation is 1. The Hall–Kier alpha value is -4.47. The average Bonchev–Trinajstić information content (AvgIpc) is 3.67. The number of hydrogen-bond donors (Lipinski definition) is 0. The number of carbonyl (C=O) groups excluding carboxylic acids is 2. The number of piperidine rings is 1. The minimum Gasteiger partial charge on any atom is -0.341 e. The summed E-state index contributed by atoms with van der Waals surface area (Å²) in [6, 6.07) is 18.1. The maximum atomic E-state index is 13.3. The molecule has 0 atom stereocenters. The molecule has 1 spiro atoms. The molecule has 0 bridgehead atoms. The monoisotopic (exact) mass is 526 g/mol. The van der Waals surface area contributed by atoms with Gasteiger partial charge >= 0.3 is 0 Å². The van der Waals surface area contributed by atoms with Crippen LogP contribution in [0.3, 0.4) is 0 Å². The molecule has 0 saturated carbocycles. The van der Waals surface area contributed by atoms with E-state index >= 15 is 0 Å². The molecule has 2 aliphatic rings. The maximum absolute atomic E-state index is 13.3. The van der Waals surface area contributed by atoms with Crippen molar-refractivity contribution in [2.45, 2.75) is 25.8 Å². The molecule has 0 aliphatic carbocycles. The highest BCUT2D eigenvalue weighted by Gasteiger charge is 2.43. The predicted molar refractivity (Wildman–Crippen MR) is 146 cm³/mol. The molecule has 4 aromatic rings. The van der Waals surface area contributed by atoms with Crippen molar-refractivity contribution in [1.82, 2.24) is 24.1 Å². The molecule has 2 aromatic carbocycles. The Morgan fingerprint density at radius 1 is 0.974 bits per heavy atom. The van der Waals surface area contributed by atoms with Crippen LogP contribution in [0.25, 0.3) is 22.2 Å². The van der Waals surface area contributed by atoms with E-state index in [0.29, 0.717) is 43.1 Å². The fourth-order valence-electron chi connectivity index (χ4n) is 6.02. The highest BCUT2D eigenvalue weighted by atomic mass is 16.6. The van der Waals surface area contributed by atoms with Gasteiger partial charge in [0.15, 0.2) is 0 Å². The van der Waals surface area contributed by atoms with Crippen molar-refractivity contribution in [3.8, 4) is 11.3 Å². The van der Waals surface area contributed by atoms with E-state index in [9.17, 15) is 19.7 Å². The van der Waals surface area contributed by atoms with Crippen LogP contribution in [0.15, 0.2) is 66.9 Å². The number of para-hydroxylation sites is 1. The van der Waals surface area contributed by atoms with E-state index in [1.807, 2.05) is 51.7 Å². The highest BCUT2D eigenvalue weighted by molar-refractivity contribution is 5.98. The van der Waals surface area contributed by atoms with Gasteiger partial charge < -0.3 is 14.4 Å². The number of fused-ring (bicyclic) bond motifs is 1. The second kappa shape index (κ2) is 9.68. The minimum absolute atomic E-state index is 0.00493. The van der Waals surface area contributed by atoms with Crippen LogP contribution >= 0.6 is 0 Å². The zero-order valence-electron chi connectivity index (χ0n) is 21.8. The Morgan fingerprint density at radius 3 is 2.46 bits per heavy atom. The Labute approximate surface area is 225 Å². The molecule has 2 aromatic heterocycles. The largest absolute Gasteiger partial charge is 0.341 e. The first kappa shape index (κ1) is 24.8. The summed E-state index contributed by atoms with van der Waals surface area (Å²) in [5, 5.41) is 16.6. The van der Waals surface area contributed by atoms with E-state index in [4.69, 9.17) is 0 Å². The van der Waals surface area contributed by atoms with Crippen molar-refractivity contribution < 1.29 is 14.5 Å². The van der Waals surface area contributed by atoms with Gasteiger partial charge in [0.25, 0.3) is 11.6 Å². The van der Waals surface area contributed by atoms with Crippen molar-refractivity contribution >= 4 is 28.4 Å². The third-order valence-corrected chi connectivity index (χ3v) is 8.36. The second-order valence-electron chi connectivity index (χ2n) is 10.7. The molecule has 6 rings (SSSR count). The van der Waals surface area contributed by atoms with Gasteiger partial charge in [-0.1, -0.05) is 30.3 Å². The fraction of sp³-hybridized carbons (Fsp3) is 0.345. The van der Waals surface area contributed by atoms with E-state index < -0.39 is 4.92 Å². The Balaban J connectivity index is 1.06. The first-order chi connectivity index (χ1) is 18.8. The van der Waals surface area contributed by atoms with Gasteiger partial charge in [-0.3, -0.25) is 24.4 Å². The van der Waals surface area contributed by atoms with Gasteiger partial charge in [-0.05, 0) is 42.9 Å². The Bertz CT molecular complexity index is 1580. The molecule has 2 aliphatic heterocycles. The van der Waals surface area contributed by atoms with E-state index in [1.165, 1.54) is 12.1 Å². The molecule has 4 heterocycles. The molecule has 0 radical (unpaired) electrons. The third-order valence-electron chi connectivity index (χ3n) is 8.36. The first-order valence-corrected chi connectivity index (χ1v) is 13.2. The van der Waals surface area contributed by atoms with Crippen LogP contribution in [0.5, 0.6) is 0 Å². The summed E-state index contributed by atoms with van der Waals surface area (Å²) in [7, 11) is 1.94. The van der Waals surface area contributed by atoms with E-state index in [1.54, 1.807) is 29.1 Å². The van der Waals surface area contributed by atoms with Gasteiger partial charge in [0, 0.05) is 68.0 Å². The number of rotatable bonds is 5. The number of benzene rings is 2. The lowest BCUT2D eigenvalue weighted by Crippen LogP contribution is -2.45. The number of hydrogen-bond acceptors (Lipinski definition) is 5. The molecule has 0 N–H and O–H groups in total. The van der Waals surface area contributed by atoms with Gasteiger partial charge in [0.1, 0.15) is 12.2 Å². The number of amides is 2. The van der Waals surface area contributed by atoms with Crippen molar-refractivity contribution in [2.75, 3.05) is 26.2 Å². The lowest BCUT2D eigenvalue weighted by atomic mass is 9.77. The van der Waals surface area contributed by atoms with Crippen molar-refractivity contribution in [2.24, 2.45) is 12.5 Å². The molecule has 10 heteroatoms. The summed E-state index contributed by atoms with van der Waals surface area (Å²) in [4.78, 5) is 41.0. The number of aromatic nitrogens is 3. The molecule has 10 nitrogen and oxygen atoms in total. The van der Waals surface area contributed by atoms with E-state index in [-0.39, 0.29) is 29.5 Å². The lowest BCUT2D eigenvalue weighted by Gasteiger charge is -2.39. The maximum Gasteiger partial charge on any atom is 0.270 e. The van der Waals surface area contributed by atoms with E-state index in [0.717, 1.165) is 30.2 Å². The van der Waals surface area contributed by atoms with Crippen LogP contribution in [0.2, 0.25) is 0 Å². The minimum atomic E-state index is -0.433. The quantitative estimate of drug-likeness (QED) is 0.287. The summed E-state index contributed by atoms with van der Waals surface area (Å²) in [5.41, 5.74) is 3.04. The van der Waals surface area contributed by atoms with Crippen LogP contribution < -0.4 is 0 Å². The Morgan fingerprint density at radius 2 is 1.72 bits per heavy atom. The third kappa shape index (κ3) is 4.67. The zero-order chi connectivity index (χ0) is 27.1. The van der Waals surface area contributed by atoms with Crippen molar-refractivity contribution in [1.29, 1.82) is 0 Å². The van der Waals surface area contributed by atoms with Crippen molar-refractivity contribution in [3.05, 3.63) is 82.7 Å².